The van der Waals surface area contributed by atoms with Crippen LogP contribution in [0.5, 0.6) is 0 Å². The number of halogens is 3. The van der Waals surface area contributed by atoms with Crippen molar-refractivity contribution in [1.29, 1.82) is 0 Å². The van der Waals surface area contributed by atoms with Crippen molar-refractivity contribution in [3.8, 4) is 11.3 Å². The number of rotatable bonds is 3. The third-order valence-electron chi connectivity index (χ3n) is 3.23. The Hall–Kier alpha value is -3.30. The number of aliphatic imine (C=N–C) groups is 2. The predicted molar refractivity (Wildman–Crippen MR) is 96.1 cm³/mol. The minimum atomic E-state index is -4.49. The van der Waals surface area contributed by atoms with E-state index in [1.54, 1.807) is 32.3 Å². The largest absolute Gasteiger partial charge is 0.416 e. The molecule has 26 heavy (non-hydrogen) atoms. The fourth-order valence-corrected chi connectivity index (χ4v) is 2.08. The van der Waals surface area contributed by atoms with Gasteiger partial charge in [-0.25, -0.2) is 9.98 Å². The first-order chi connectivity index (χ1) is 12.1. The Balaban J connectivity index is 2.53. The molecule has 0 spiro atoms. The molecule has 138 valence electrons. The zero-order chi connectivity index (χ0) is 19.5. The van der Waals surface area contributed by atoms with Gasteiger partial charge < -0.3 is 22.1 Å². The van der Waals surface area contributed by atoms with E-state index >= 15 is 0 Å². The molecular formula is C16H18F3N7. The Labute approximate surface area is 148 Å². The zero-order valence-electron chi connectivity index (χ0n) is 14.1. The molecule has 0 unspecified atom stereocenters. The van der Waals surface area contributed by atoms with Gasteiger partial charge in [0.2, 0.25) is 5.96 Å². The highest BCUT2D eigenvalue weighted by molar-refractivity contribution is 5.93. The smallest absolute Gasteiger partial charge is 0.370 e. The maximum Gasteiger partial charge on any atom is 0.416 e. The van der Waals surface area contributed by atoms with E-state index in [2.05, 4.69) is 15.0 Å². The van der Waals surface area contributed by atoms with E-state index < -0.39 is 11.7 Å². The van der Waals surface area contributed by atoms with Gasteiger partial charge in [-0.05, 0) is 24.3 Å². The van der Waals surface area contributed by atoms with Crippen LogP contribution in [0.15, 0.2) is 46.4 Å². The molecule has 6 N–H and O–H groups in total. The van der Waals surface area contributed by atoms with Crippen molar-refractivity contribution in [1.82, 2.24) is 4.98 Å². The van der Waals surface area contributed by atoms with Crippen molar-refractivity contribution in [2.24, 2.45) is 27.2 Å². The minimum Gasteiger partial charge on any atom is -0.370 e. The lowest BCUT2D eigenvalue weighted by Crippen LogP contribution is -2.26. The van der Waals surface area contributed by atoms with Crippen LogP contribution in [0.3, 0.4) is 0 Å². The number of guanidine groups is 2. The number of hydrogen-bond donors (Lipinski definition) is 3. The van der Waals surface area contributed by atoms with Crippen LogP contribution < -0.4 is 22.1 Å². The highest BCUT2D eigenvalue weighted by Crippen LogP contribution is 2.34. The number of pyridine rings is 1. The van der Waals surface area contributed by atoms with Crippen LogP contribution in [0.4, 0.5) is 24.7 Å². The van der Waals surface area contributed by atoms with Gasteiger partial charge in [-0.1, -0.05) is 12.1 Å². The number of nitrogens with two attached hydrogens (primary N) is 3. The van der Waals surface area contributed by atoms with Gasteiger partial charge in [-0.15, -0.1) is 0 Å². The minimum absolute atomic E-state index is 0.154. The van der Waals surface area contributed by atoms with E-state index in [0.29, 0.717) is 11.3 Å². The Morgan fingerprint density at radius 1 is 1.08 bits per heavy atom. The monoisotopic (exact) mass is 365 g/mol. The van der Waals surface area contributed by atoms with E-state index in [1.807, 2.05) is 0 Å². The van der Waals surface area contributed by atoms with E-state index in [0.717, 1.165) is 12.1 Å². The van der Waals surface area contributed by atoms with Gasteiger partial charge in [-0.2, -0.15) is 18.2 Å². The van der Waals surface area contributed by atoms with Crippen LogP contribution in [-0.4, -0.2) is 31.0 Å². The molecule has 0 aliphatic heterocycles. The predicted octanol–water partition coefficient (Wildman–Crippen LogP) is 2.05. The molecule has 2 rings (SSSR count). The summed E-state index contributed by atoms with van der Waals surface area (Å²) in [5, 5.41) is 0. The Kier molecular flexibility index (Phi) is 5.34. The third-order valence-corrected chi connectivity index (χ3v) is 3.23. The molecule has 0 saturated carbocycles. The summed E-state index contributed by atoms with van der Waals surface area (Å²) in [6.45, 7) is 0. The van der Waals surface area contributed by atoms with Crippen LogP contribution in [0.1, 0.15) is 5.56 Å². The third kappa shape index (κ3) is 4.85. The van der Waals surface area contributed by atoms with E-state index in [9.17, 15) is 13.2 Å². The first-order valence-electron chi connectivity index (χ1n) is 7.37. The van der Waals surface area contributed by atoms with Crippen LogP contribution in [0, 0.1) is 0 Å². The molecule has 0 aliphatic carbocycles. The van der Waals surface area contributed by atoms with Crippen molar-refractivity contribution < 1.29 is 13.2 Å². The number of anilines is 1. The normalized spacial score (nSPS) is 12.0. The van der Waals surface area contributed by atoms with Gasteiger partial charge in [-0.3, -0.25) is 0 Å². The fraction of sp³-hybridized carbons (Fsp3) is 0.188. The summed E-state index contributed by atoms with van der Waals surface area (Å²) in [4.78, 5) is 13.3. The highest BCUT2D eigenvalue weighted by Gasteiger charge is 2.32. The molecule has 7 nitrogen and oxygen atoms in total. The van der Waals surface area contributed by atoms with Crippen LogP contribution in [0.25, 0.3) is 11.3 Å². The second-order valence-electron chi connectivity index (χ2n) is 5.55. The van der Waals surface area contributed by atoms with Crippen molar-refractivity contribution in [3.05, 3.63) is 42.0 Å². The summed E-state index contributed by atoms with van der Waals surface area (Å²) >= 11 is 0. The molecule has 1 aromatic heterocycles. The second-order valence-corrected chi connectivity index (χ2v) is 5.55. The summed E-state index contributed by atoms with van der Waals surface area (Å²) in [5.74, 6) is -0.241. The van der Waals surface area contributed by atoms with E-state index in [4.69, 9.17) is 17.2 Å². The average Bonchev–Trinajstić information content (AvgIpc) is 2.53. The van der Waals surface area contributed by atoms with Crippen molar-refractivity contribution >= 4 is 23.4 Å². The molecule has 0 bridgehead atoms. The number of aromatic nitrogens is 1. The topological polar surface area (TPSA) is 119 Å². The summed E-state index contributed by atoms with van der Waals surface area (Å²) in [6.07, 6.45) is -4.49. The van der Waals surface area contributed by atoms with E-state index in [-0.39, 0.29) is 23.4 Å². The number of alkyl halides is 3. The molecule has 0 radical (unpaired) electrons. The summed E-state index contributed by atoms with van der Waals surface area (Å²) in [7, 11) is 3.23. The quantitative estimate of drug-likeness (QED) is 0.568. The molecule has 10 heteroatoms. The number of benzene rings is 1. The van der Waals surface area contributed by atoms with Crippen LogP contribution in [0.2, 0.25) is 0 Å². The molecule has 0 amide bonds. The van der Waals surface area contributed by atoms with Gasteiger partial charge in [0.1, 0.15) is 5.82 Å². The average molecular weight is 365 g/mol. The van der Waals surface area contributed by atoms with Gasteiger partial charge in [0.15, 0.2) is 5.96 Å². The summed E-state index contributed by atoms with van der Waals surface area (Å²) in [5.41, 5.74) is 16.2. The molecule has 0 saturated heterocycles. The number of nitrogens with zero attached hydrogens (tertiary/aromatic N) is 4. The van der Waals surface area contributed by atoms with Crippen molar-refractivity contribution in [2.45, 2.75) is 6.18 Å². The zero-order valence-corrected chi connectivity index (χ0v) is 14.1. The molecule has 0 aliphatic rings. The first kappa shape index (κ1) is 19.0. The van der Waals surface area contributed by atoms with Crippen molar-refractivity contribution in [2.75, 3.05) is 19.0 Å². The summed E-state index contributed by atoms with van der Waals surface area (Å²) in [6, 6.07) is 8.36. The van der Waals surface area contributed by atoms with Crippen LogP contribution in [-0.2, 0) is 6.18 Å². The molecule has 0 atom stereocenters. The number of hydrogen-bond acceptors (Lipinski definition) is 3. The lowest BCUT2D eigenvalue weighted by atomic mass is 10.1. The van der Waals surface area contributed by atoms with Gasteiger partial charge >= 0.3 is 6.18 Å². The van der Waals surface area contributed by atoms with Gasteiger partial charge in [0, 0.05) is 19.7 Å². The van der Waals surface area contributed by atoms with Gasteiger partial charge in [0.25, 0.3) is 0 Å². The molecular weight excluding hydrogens is 347 g/mol. The molecule has 1 aromatic carbocycles. The fourth-order valence-electron chi connectivity index (χ4n) is 2.08. The van der Waals surface area contributed by atoms with Crippen molar-refractivity contribution in [3.63, 3.8) is 0 Å². The Morgan fingerprint density at radius 3 is 2.35 bits per heavy atom. The lowest BCUT2D eigenvalue weighted by Gasteiger charge is -2.16. The summed E-state index contributed by atoms with van der Waals surface area (Å²) < 4.78 is 39.5. The first-order valence-corrected chi connectivity index (χ1v) is 7.37. The SMILES string of the molecule is CN(C)c1cc(C(F)(F)F)cc(-c2cccc(N=C(N)N=C(N)N)c2)n1. The molecule has 1 heterocycles. The standard InChI is InChI=1S/C16H18F3N7/c1-26(2)13-8-10(16(17,18)19)7-12(24-13)9-4-3-5-11(6-9)23-15(22)25-14(20)21/h3-8H,1-2H3,(H6,20,21,22,23,25). The van der Waals surface area contributed by atoms with Crippen LogP contribution >= 0.6 is 0 Å². The lowest BCUT2D eigenvalue weighted by molar-refractivity contribution is -0.137. The van der Waals surface area contributed by atoms with E-state index in [1.165, 1.54) is 11.0 Å². The van der Waals surface area contributed by atoms with Gasteiger partial charge in [0.05, 0.1) is 16.9 Å². The second kappa shape index (κ2) is 7.30. The Morgan fingerprint density at radius 2 is 1.77 bits per heavy atom. The molecule has 0 fully saturated rings. The highest BCUT2D eigenvalue weighted by atomic mass is 19.4. The Bertz CT molecular complexity index is 853. The maximum atomic E-state index is 13.2. The maximum absolute atomic E-state index is 13.2. The molecule has 2 aromatic rings.